The Morgan fingerprint density at radius 1 is 0.733 bits per heavy atom. The van der Waals surface area contributed by atoms with Crippen molar-refractivity contribution in [2.45, 2.75) is 108 Å². The quantitative estimate of drug-likeness (QED) is 0.223. The first-order valence-electron chi connectivity index (χ1n) is 11.6. The molecule has 2 N–H and O–H groups in total. The molecule has 0 radical (unpaired) electrons. The molecule has 0 atom stereocenters. The van der Waals surface area contributed by atoms with E-state index < -0.39 is 15.1 Å². The van der Waals surface area contributed by atoms with Gasteiger partial charge in [0.15, 0.2) is 0 Å². The second kappa shape index (κ2) is 15.2. The van der Waals surface area contributed by atoms with Crippen LogP contribution in [0.3, 0.4) is 0 Å². The maximum atomic E-state index is 11.9. The number of fused-ring (bicyclic) bond motifs is 1. The Morgan fingerprint density at radius 2 is 1.10 bits per heavy atom. The van der Waals surface area contributed by atoms with Crippen LogP contribution < -0.4 is 62.0 Å². The largest absolute Gasteiger partial charge is 1.00 e. The number of hydrogen-bond acceptors (Lipinski definition) is 5. The molecule has 1 heterocycles. The summed E-state index contributed by atoms with van der Waals surface area (Å²) in [6.07, 6.45) is 17.7. The molecule has 0 amide bonds. The van der Waals surface area contributed by atoms with Crippen LogP contribution >= 0.6 is 0 Å². The molecule has 0 aliphatic carbocycles. The first kappa shape index (κ1) is 28.4. The van der Waals surface area contributed by atoms with Gasteiger partial charge in [-0.15, -0.1) is 0 Å². The van der Waals surface area contributed by atoms with Gasteiger partial charge in [0.05, 0.1) is 11.4 Å². The zero-order valence-corrected chi connectivity index (χ0v) is 23.0. The summed E-state index contributed by atoms with van der Waals surface area (Å²) in [4.78, 5) is -1.60. The van der Waals surface area contributed by atoms with Gasteiger partial charge >= 0.3 is 51.4 Å². The third kappa shape index (κ3) is 9.47. The van der Waals surface area contributed by atoms with Gasteiger partial charge < -0.3 is 15.2 Å². The summed E-state index contributed by atoms with van der Waals surface area (Å²) in [5.74, 6) is 0. The summed E-state index contributed by atoms with van der Waals surface area (Å²) in [6.45, 7) is 2.26. The molecule has 0 unspecified atom stereocenters. The van der Waals surface area contributed by atoms with Crippen LogP contribution in [-0.4, -0.2) is 18.0 Å². The number of benzene rings is 1. The van der Waals surface area contributed by atoms with Crippen molar-refractivity contribution >= 4 is 21.5 Å². The maximum Gasteiger partial charge on any atom is 1.00 e. The molecule has 1 aromatic rings. The van der Waals surface area contributed by atoms with E-state index in [-0.39, 0.29) is 57.8 Å². The van der Waals surface area contributed by atoms with Crippen LogP contribution in [0.4, 0.5) is 11.4 Å². The predicted molar refractivity (Wildman–Crippen MR) is 121 cm³/mol. The van der Waals surface area contributed by atoms with Crippen molar-refractivity contribution in [3.63, 3.8) is 0 Å². The predicted octanol–water partition coefficient (Wildman–Crippen LogP) is 3.60. The van der Waals surface area contributed by atoms with Gasteiger partial charge in [-0.2, -0.15) is 0 Å². The normalized spacial score (nSPS) is 14.5. The van der Waals surface area contributed by atoms with Gasteiger partial charge in [-0.1, -0.05) is 103 Å². The van der Waals surface area contributed by atoms with Crippen molar-refractivity contribution in [1.82, 2.24) is 0 Å². The van der Waals surface area contributed by atoms with Gasteiger partial charge in [0.2, 0.25) is 4.99 Å². The summed E-state index contributed by atoms with van der Waals surface area (Å²) in [7, 11) is -4.52. The zero-order chi connectivity index (χ0) is 21.0. The SMILES string of the molecule is CCCCCCCCCCCCCCCCC1(S(=O)(=O)[O-])Nc2ccccc2N1.[K+]. The standard InChI is InChI=1S/C23H40N2O3S.K/c1-2-3-4-5-6-7-8-9-10-11-12-13-14-17-20-23(29(26,27)28)24-21-18-15-16-19-22(21)25-23;/h15-16,18-19,24-25H,2-14,17,20H2,1H3,(H,26,27,28);/q;+1/p-1. The Labute approximate surface area is 226 Å². The van der Waals surface area contributed by atoms with E-state index in [1.807, 2.05) is 12.1 Å². The van der Waals surface area contributed by atoms with Crippen LogP contribution in [-0.2, 0) is 10.1 Å². The average Bonchev–Trinajstić information content (AvgIpc) is 3.08. The van der Waals surface area contributed by atoms with Crippen molar-refractivity contribution in [2.75, 3.05) is 10.6 Å². The minimum absolute atomic E-state index is 0. The molecule has 1 aromatic carbocycles. The summed E-state index contributed by atoms with van der Waals surface area (Å²) in [6, 6.07) is 7.24. The molecular weight excluding hydrogens is 423 g/mol. The van der Waals surface area contributed by atoms with Gasteiger partial charge in [-0.25, -0.2) is 8.42 Å². The molecule has 0 spiro atoms. The first-order chi connectivity index (χ1) is 14.0. The number of nitrogens with one attached hydrogen (secondary N) is 2. The van der Waals surface area contributed by atoms with E-state index in [4.69, 9.17) is 0 Å². The van der Waals surface area contributed by atoms with E-state index in [1.165, 1.54) is 70.6 Å². The van der Waals surface area contributed by atoms with Gasteiger partial charge in [0, 0.05) is 6.42 Å². The van der Waals surface area contributed by atoms with Crippen LogP contribution in [0.15, 0.2) is 24.3 Å². The Hall–Kier alpha value is 0.366. The van der Waals surface area contributed by atoms with Crippen LogP contribution in [0.2, 0.25) is 0 Å². The molecule has 0 saturated carbocycles. The Balaban J connectivity index is 0.00000450. The van der Waals surface area contributed by atoms with Crippen molar-refractivity contribution in [3.05, 3.63) is 24.3 Å². The van der Waals surface area contributed by atoms with Crippen molar-refractivity contribution in [1.29, 1.82) is 0 Å². The Morgan fingerprint density at radius 3 is 1.47 bits per heavy atom. The Bertz CT molecular complexity index is 672. The van der Waals surface area contributed by atoms with Crippen LogP contribution in [0, 0.1) is 0 Å². The minimum Gasteiger partial charge on any atom is -0.745 e. The molecule has 30 heavy (non-hydrogen) atoms. The van der Waals surface area contributed by atoms with Crippen LogP contribution in [0.5, 0.6) is 0 Å². The monoisotopic (exact) mass is 462 g/mol. The number of unbranched alkanes of at least 4 members (excludes halogenated alkanes) is 13. The number of hydrogen-bond donors (Lipinski definition) is 2. The smallest absolute Gasteiger partial charge is 0.745 e. The van der Waals surface area contributed by atoms with E-state index >= 15 is 0 Å². The molecule has 0 saturated heterocycles. The van der Waals surface area contributed by atoms with Gasteiger partial charge in [-0.05, 0) is 18.6 Å². The molecular formula is C23H39KN2O3S. The number of anilines is 2. The minimum atomic E-state index is -4.52. The second-order valence-corrected chi connectivity index (χ2v) is 10.0. The van der Waals surface area contributed by atoms with E-state index in [9.17, 15) is 13.0 Å². The molecule has 1 aliphatic rings. The van der Waals surface area contributed by atoms with Crippen molar-refractivity contribution in [3.8, 4) is 0 Å². The molecule has 166 valence electrons. The molecule has 2 rings (SSSR count). The third-order valence-electron chi connectivity index (χ3n) is 5.91. The van der Waals surface area contributed by atoms with Gasteiger partial charge in [-0.3, -0.25) is 0 Å². The van der Waals surface area contributed by atoms with Gasteiger partial charge in [0.25, 0.3) is 0 Å². The fourth-order valence-electron chi connectivity index (χ4n) is 4.11. The molecule has 1 aliphatic heterocycles. The van der Waals surface area contributed by atoms with Crippen LogP contribution in [0.1, 0.15) is 103 Å². The molecule has 0 bridgehead atoms. The van der Waals surface area contributed by atoms with E-state index in [0.29, 0.717) is 17.8 Å². The van der Waals surface area contributed by atoms with E-state index in [0.717, 1.165) is 12.8 Å². The third-order valence-corrected chi connectivity index (χ3v) is 7.17. The number of rotatable bonds is 16. The number of para-hydroxylation sites is 2. The zero-order valence-electron chi connectivity index (χ0n) is 19.0. The van der Waals surface area contributed by atoms with E-state index in [1.54, 1.807) is 12.1 Å². The van der Waals surface area contributed by atoms with Gasteiger partial charge in [0.1, 0.15) is 10.1 Å². The Kier molecular flexibility index (Phi) is 14.4. The molecule has 7 heteroatoms. The summed E-state index contributed by atoms with van der Waals surface area (Å²) < 4.78 is 35.7. The fourth-order valence-corrected chi connectivity index (χ4v) is 4.98. The van der Waals surface area contributed by atoms with Crippen molar-refractivity contribution < 1.29 is 64.4 Å². The van der Waals surface area contributed by atoms with E-state index in [2.05, 4.69) is 17.6 Å². The topological polar surface area (TPSA) is 81.3 Å². The second-order valence-electron chi connectivity index (χ2n) is 8.42. The van der Waals surface area contributed by atoms with Crippen molar-refractivity contribution in [2.24, 2.45) is 0 Å². The summed E-state index contributed by atoms with van der Waals surface area (Å²) in [5, 5.41) is 5.85. The molecule has 0 fully saturated rings. The van der Waals surface area contributed by atoms with Crippen LogP contribution in [0.25, 0.3) is 0 Å². The summed E-state index contributed by atoms with van der Waals surface area (Å²) in [5.41, 5.74) is 1.36. The summed E-state index contributed by atoms with van der Waals surface area (Å²) >= 11 is 0. The first-order valence-corrected chi connectivity index (χ1v) is 13.0. The average molecular weight is 463 g/mol. The fraction of sp³-hybridized carbons (Fsp3) is 0.739. The maximum absolute atomic E-state index is 11.9. The molecule has 0 aromatic heterocycles. The molecule has 5 nitrogen and oxygen atoms in total.